The van der Waals surface area contributed by atoms with Gasteiger partial charge >= 0.3 is 5.97 Å². The minimum absolute atomic E-state index is 0.281. The molecular weight excluding hydrogens is 460 g/mol. The second-order valence-electron chi connectivity index (χ2n) is 7.01. The third-order valence-electron chi connectivity index (χ3n) is 4.48. The molecule has 8 nitrogen and oxygen atoms in total. The van der Waals surface area contributed by atoms with Gasteiger partial charge in [0.2, 0.25) is 0 Å². The lowest BCUT2D eigenvalue weighted by Crippen LogP contribution is -2.30. The van der Waals surface area contributed by atoms with Crippen LogP contribution >= 0.6 is 23.1 Å². The first kappa shape index (κ1) is 22.7. The van der Waals surface area contributed by atoms with Gasteiger partial charge in [0.1, 0.15) is 10.8 Å². The van der Waals surface area contributed by atoms with Crippen molar-refractivity contribution in [1.82, 2.24) is 15.1 Å². The maximum Gasteiger partial charge on any atom is 0.341 e. The van der Waals surface area contributed by atoms with Crippen molar-refractivity contribution in [2.45, 2.75) is 30.7 Å². The predicted molar refractivity (Wildman–Crippen MR) is 126 cm³/mol. The number of thioether (sulfide) groups is 1. The number of benzene rings is 1. The highest BCUT2D eigenvalue weighted by Gasteiger charge is 2.22. The summed E-state index contributed by atoms with van der Waals surface area (Å²) in [7, 11) is 0. The normalized spacial score (nSPS) is 11.7. The molecule has 1 atom stereocenters. The fourth-order valence-corrected chi connectivity index (χ4v) is 4.43. The van der Waals surface area contributed by atoms with E-state index in [2.05, 4.69) is 20.4 Å². The summed E-state index contributed by atoms with van der Waals surface area (Å²) in [5, 5.41) is 9.42. The molecular formula is C23H20N4O4S2. The molecule has 0 saturated heterocycles. The summed E-state index contributed by atoms with van der Waals surface area (Å²) < 4.78 is 10.5. The number of anilines is 1. The Bertz CT molecular complexity index is 1260. The lowest BCUT2D eigenvalue weighted by molar-refractivity contribution is -0.123. The minimum Gasteiger partial charge on any atom is -0.449 e. The third-order valence-corrected chi connectivity index (χ3v) is 6.28. The molecule has 0 aliphatic rings. The summed E-state index contributed by atoms with van der Waals surface area (Å²) in [6.07, 6.45) is 0.577. The average molecular weight is 481 g/mol. The average Bonchev–Trinajstić information content (AvgIpc) is 3.47. The van der Waals surface area contributed by atoms with E-state index in [1.165, 1.54) is 30.0 Å². The van der Waals surface area contributed by atoms with Crippen molar-refractivity contribution < 1.29 is 18.8 Å². The standard InChI is InChI=1S/C23H20N4O4S2/c1-14-11-17(27-31-14)12-32-21-18(9-6-10-24-21)22(29)30-15(2)20(28)26-23-25-19(13-33-23)16-7-4-3-5-8-16/h3-11,13,15H,12H2,1-2H3,(H,25,26,28). The van der Waals surface area contributed by atoms with Crippen LogP contribution in [0, 0.1) is 6.92 Å². The molecule has 3 heterocycles. The van der Waals surface area contributed by atoms with E-state index in [4.69, 9.17) is 9.26 Å². The molecule has 1 amide bonds. The number of hydrogen-bond acceptors (Lipinski definition) is 9. The molecule has 4 rings (SSSR count). The van der Waals surface area contributed by atoms with Gasteiger partial charge in [-0.05, 0) is 26.0 Å². The minimum atomic E-state index is -1.02. The van der Waals surface area contributed by atoms with E-state index in [-0.39, 0.29) is 5.56 Å². The first-order chi connectivity index (χ1) is 16.0. The molecule has 0 saturated carbocycles. The number of esters is 1. The van der Waals surface area contributed by atoms with Crippen LogP contribution in [0.4, 0.5) is 5.13 Å². The monoisotopic (exact) mass is 480 g/mol. The Hall–Kier alpha value is -3.50. The van der Waals surface area contributed by atoms with Gasteiger partial charge in [0.05, 0.1) is 17.0 Å². The van der Waals surface area contributed by atoms with Gasteiger partial charge in [-0.2, -0.15) is 0 Å². The Kier molecular flexibility index (Phi) is 7.16. The van der Waals surface area contributed by atoms with Gasteiger partial charge in [-0.3, -0.25) is 10.1 Å². The number of carbonyl (C=O) groups is 2. The smallest absolute Gasteiger partial charge is 0.341 e. The van der Waals surface area contributed by atoms with Crippen LogP contribution in [0.15, 0.2) is 69.7 Å². The first-order valence-electron chi connectivity index (χ1n) is 10.0. The topological polar surface area (TPSA) is 107 Å². The molecule has 0 fully saturated rings. The Morgan fingerprint density at radius 2 is 2.03 bits per heavy atom. The second-order valence-corrected chi connectivity index (χ2v) is 8.84. The lowest BCUT2D eigenvalue weighted by Gasteiger charge is -2.13. The number of pyridine rings is 1. The molecule has 4 aromatic rings. The van der Waals surface area contributed by atoms with Crippen molar-refractivity contribution in [2.24, 2.45) is 0 Å². The number of thiazole rings is 1. The van der Waals surface area contributed by atoms with E-state index in [9.17, 15) is 9.59 Å². The second kappa shape index (κ2) is 10.4. The fraction of sp³-hybridized carbons (Fsp3) is 0.174. The zero-order chi connectivity index (χ0) is 23.2. The summed E-state index contributed by atoms with van der Waals surface area (Å²) >= 11 is 2.64. The summed E-state index contributed by atoms with van der Waals surface area (Å²) in [5.74, 6) is 0.0998. The fourth-order valence-electron chi connectivity index (χ4n) is 2.85. The van der Waals surface area contributed by atoms with Crippen molar-refractivity contribution in [3.8, 4) is 11.3 Å². The van der Waals surface area contributed by atoms with Gasteiger partial charge in [0, 0.05) is 29.0 Å². The van der Waals surface area contributed by atoms with E-state index < -0.39 is 18.0 Å². The highest BCUT2D eigenvalue weighted by molar-refractivity contribution is 7.98. The Morgan fingerprint density at radius 3 is 2.79 bits per heavy atom. The maximum atomic E-state index is 12.7. The number of rotatable bonds is 8. The van der Waals surface area contributed by atoms with Gasteiger partial charge in [0.15, 0.2) is 11.2 Å². The summed E-state index contributed by atoms with van der Waals surface area (Å²) in [6.45, 7) is 3.33. The molecule has 1 unspecified atom stereocenters. The largest absolute Gasteiger partial charge is 0.449 e. The van der Waals surface area contributed by atoms with Crippen LogP contribution in [0.3, 0.4) is 0 Å². The third kappa shape index (κ3) is 5.85. The summed E-state index contributed by atoms with van der Waals surface area (Å²) in [4.78, 5) is 34.0. The number of nitrogens with one attached hydrogen (secondary N) is 1. The molecule has 10 heteroatoms. The van der Waals surface area contributed by atoms with Crippen LogP contribution in [-0.4, -0.2) is 33.1 Å². The van der Waals surface area contributed by atoms with E-state index in [1.807, 2.05) is 48.7 Å². The SMILES string of the molecule is Cc1cc(CSc2ncccc2C(=O)OC(C)C(=O)Nc2nc(-c3ccccc3)cs2)no1. The highest BCUT2D eigenvalue weighted by Crippen LogP contribution is 2.26. The van der Waals surface area contributed by atoms with Crippen molar-refractivity contribution in [1.29, 1.82) is 0 Å². The van der Waals surface area contributed by atoms with Crippen LogP contribution in [0.5, 0.6) is 0 Å². The van der Waals surface area contributed by atoms with Gasteiger partial charge < -0.3 is 9.26 Å². The van der Waals surface area contributed by atoms with Crippen molar-refractivity contribution in [3.63, 3.8) is 0 Å². The van der Waals surface area contributed by atoms with Crippen LogP contribution in [0.2, 0.25) is 0 Å². The maximum absolute atomic E-state index is 12.7. The number of carbonyl (C=O) groups excluding carboxylic acids is 2. The van der Waals surface area contributed by atoms with Crippen LogP contribution in [0.25, 0.3) is 11.3 Å². The Morgan fingerprint density at radius 1 is 1.21 bits per heavy atom. The molecule has 168 valence electrons. The zero-order valence-electron chi connectivity index (χ0n) is 17.8. The predicted octanol–water partition coefficient (Wildman–Crippen LogP) is 4.98. The van der Waals surface area contributed by atoms with Crippen LogP contribution in [-0.2, 0) is 15.3 Å². The zero-order valence-corrected chi connectivity index (χ0v) is 19.5. The number of aromatic nitrogens is 3. The van der Waals surface area contributed by atoms with E-state index >= 15 is 0 Å². The molecule has 33 heavy (non-hydrogen) atoms. The quantitative estimate of drug-likeness (QED) is 0.278. The van der Waals surface area contributed by atoms with Crippen LogP contribution < -0.4 is 5.32 Å². The number of hydrogen-bond donors (Lipinski definition) is 1. The summed E-state index contributed by atoms with van der Waals surface area (Å²) in [5.41, 5.74) is 2.74. The van der Waals surface area contributed by atoms with Gasteiger partial charge in [0.25, 0.3) is 5.91 Å². The van der Waals surface area contributed by atoms with Crippen LogP contribution in [0.1, 0.15) is 28.7 Å². The molecule has 1 aromatic carbocycles. The lowest BCUT2D eigenvalue weighted by atomic mass is 10.2. The van der Waals surface area contributed by atoms with Gasteiger partial charge in [-0.1, -0.05) is 47.3 Å². The molecule has 0 spiro atoms. The molecule has 0 aliphatic carbocycles. The molecule has 0 aliphatic heterocycles. The van der Waals surface area contributed by atoms with E-state index in [0.717, 1.165) is 17.0 Å². The van der Waals surface area contributed by atoms with Crippen molar-refractivity contribution in [3.05, 3.63) is 77.1 Å². The number of ether oxygens (including phenoxy) is 1. The van der Waals surface area contributed by atoms with E-state index in [1.54, 1.807) is 18.3 Å². The first-order valence-corrected chi connectivity index (χ1v) is 11.9. The Balaban J connectivity index is 1.36. The van der Waals surface area contributed by atoms with Gasteiger partial charge in [-0.25, -0.2) is 14.8 Å². The summed E-state index contributed by atoms with van der Waals surface area (Å²) in [6, 6.07) is 14.7. The number of amides is 1. The van der Waals surface area contributed by atoms with Crippen molar-refractivity contribution in [2.75, 3.05) is 5.32 Å². The van der Waals surface area contributed by atoms with E-state index in [0.29, 0.717) is 21.7 Å². The number of nitrogens with zero attached hydrogens (tertiary/aromatic N) is 3. The highest BCUT2D eigenvalue weighted by atomic mass is 32.2. The van der Waals surface area contributed by atoms with Crippen molar-refractivity contribution >= 4 is 40.1 Å². The number of aryl methyl sites for hydroxylation is 1. The molecule has 0 bridgehead atoms. The molecule has 3 aromatic heterocycles. The molecule has 0 radical (unpaired) electrons. The Labute approximate surface area is 198 Å². The molecule has 1 N–H and O–H groups in total. The van der Waals surface area contributed by atoms with Gasteiger partial charge in [-0.15, -0.1) is 11.3 Å².